The van der Waals surface area contributed by atoms with Crippen LogP contribution in [-0.2, 0) is 0 Å². The van der Waals surface area contributed by atoms with Gasteiger partial charge < -0.3 is 0 Å². The van der Waals surface area contributed by atoms with Crippen LogP contribution < -0.4 is 0 Å². The van der Waals surface area contributed by atoms with Crippen molar-refractivity contribution in [2.75, 3.05) is 0 Å². The highest BCUT2D eigenvalue weighted by atomic mass is 35.5. The Morgan fingerprint density at radius 3 is 2.40 bits per heavy atom. The lowest BCUT2D eigenvalue weighted by Crippen LogP contribution is -1.99. The zero-order chi connectivity index (χ0) is 17.4. The zero-order valence-corrected chi connectivity index (χ0v) is 15.5. The van der Waals surface area contributed by atoms with Gasteiger partial charge in [-0.2, -0.15) is 0 Å². The van der Waals surface area contributed by atoms with Crippen molar-refractivity contribution >= 4 is 56.7 Å². The van der Waals surface area contributed by atoms with Gasteiger partial charge in [-0.05, 0) is 70.2 Å². The van der Waals surface area contributed by atoms with E-state index >= 15 is 0 Å². The first kappa shape index (κ1) is 16.7. The maximum atomic E-state index is 6.77. The van der Waals surface area contributed by atoms with Gasteiger partial charge in [-0.15, -0.1) is 0 Å². The van der Waals surface area contributed by atoms with Gasteiger partial charge >= 0.3 is 0 Å². The molecule has 0 heterocycles. The second kappa shape index (κ2) is 6.88. The number of hydrogen-bond acceptors (Lipinski definition) is 0. The molecule has 0 bridgehead atoms. The van der Waals surface area contributed by atoms with E-state index in [0.717, 1.165) is 28.7 Å². The van der Waals surface area contributed by atoms with Crippen molar-refractivity contribution in [1.82, 2.24) is 0 Å². The first-order valence-corrected chi connectivity index (χ1v) is 9.15. The first-order chi connectivity index (χ1) is 12.1. The lowest BCUT2D eigenvalue weighted by atomic mass is 9.89. The molecule has 0 amide bonds. The average molecular weight is 385 g/mol. The molecule has 1 aliphatic carbocycles. The molecule has 123 valence electrons. The molecular formula is C22H14Cl3. The maximum absolute atomic E-state index is 6.77. The third kappa shape index (κ3) is 3.22. The fourth-order valence-corrected chi connectivity index (χ4v) is 3.91. The van der Waals surface area contributed by atoms with Crippen molar-refractivity contribution in [2.45, 2.75) is 6.42 Å². The van der Waals surface area contributed by atoms with Gasteiger partial charge in [0.1, 0.15) is 0 Å². The second-order valence-electron chi connectivity index (χ2n) is 5.97. The van der Waals surface area contributed by atoms with Crippen LogP contribution in [0.3, 0.4) is 0 Å². The summed E-state index contributed by atoms with van der Waals surface area (Å²) in [6, 6.07) is 20.2. The Kier molecular flexibility index (Phi) is 4.60. The van der Waals surface area contributed by atoms with E-state index in [-0.39, 0.29) is 0 Å². The van der Waals surface area contributed by atoms with Gasteiger partial charge in [-0.25, -0.2) is 0 Å². The fraction of sp³-hybridized carbons (Fsp3) is 0.0455. The Balaban J connectivity index is 1.83. The molecule has 0 aromatic heterocycles. The van der Waals surface area contributed by atoms with Crippen LogP contribution in [0.4, 0.5) is 0 Å². The van der Waals surface area contributed by atoms with Crippen LogP contribution >= 0.6 is 34.8 Å². The lowest BCUT2D eigenvalue weighted by Gasteiger charge is -2.19. The topological polar surface area (TPSA) is 0 Å². The van der Waals surface area contributed by atoms with E-state index in [1.54, 1.807) is 12.1 Å². The van der Waals surface area contributed by atoms with Crippen molar-refractivity contribution in [3.8, 4) is 0 Å². The molecule has 0 saturated heterocycles. The van der Waals surface area contributed by atoms with Gasteiger partial charge in [0, 0.05) is 10.0 Å². The Hall–Kier alpha value is -1.73. The van der Waals surface area contributed by atoms with Gasteiger partial charge in [0.25, 0.3) is 0 Å². The summed E-state index contributed by atoms with van der Waals surface area (Å²) in [5.41, 5.74) is 3.93. The van der Waals surface area contributed by atoms with E-state index in [1.807, 2.05) is 18.2 Å². The Bertz CT molecular complexity index is 1030. The summed E-state index contributed by atoms with van der Waals surface area (Å²) in [7, 11) is 0. The van der Waals surface area contributed by atoms with E-state index in [1.165, 1.54) is 10.8 Å². The van der Waals surface area contributed by atoms with Gasteiger partial charge in [-0.3, -0.25) is 0 Å². The first-order valence-electron chi connectivity index (χ1n) is 8.01. The number of allylic oxidation sites excluding steroid dienone is 4. The van der Waals surface area contributed by atoms with Crippen molar-refractivity contribution in [3.05, 3.63) is 99.4 Å². The van der Waals surface area contributed by atoms with Gasteiger partial charge in [0.2, 0.25) is 0 Å². The van der Waals surface area contributed by atoms with Crippen LogP contribution in [0.1, 0.15) is 17.5 Å². The molecule has 0 N–H and O–H groups in total. The average Bonchev–Trinajstić information content (AvgIpc) is 2.64. The highest BCUT2D eigenvalue weighted by Crippen LogP contribution is 2.42. The minimum Gasteiger partial charge on any atom is -0.0843 e. The Labute approximate surface area is 162 Å². The minimum atomic E-state index is 0.645. The summed E-state index contributed by atoms with van der Waals surface area (Å²) < 4.78 is 0. The van der Waals surface area contributed by atoms with E-state index in [2.05, 4.69) is 42.8 Å². The number of rotatable bonds is 2. The zero-order valence-electron chi connectivity index (χ0n) is 13.3. The number of benzene rings is 3. The molecule has 0 nitrogen and oxygen atoms in total. The third-order valence-electron chi connectivity index (χ3n) is 4.40. The SMILES string of the molecule is ClC1=C(c2cc(Cl)ccc2Cl)[CH]CC=C1c1ccc2ccccc2c1. The Morgan fingerprint density at radius 2 is 1.56 bits per heavy atom. The summed E-state index contributed by atoms with van der Waals surface area (Å²) in [5.74, 6) is 0. The predicted octanol–water partition coefficient (Wildman–Crippen LogP) is 7.79. The summed E-state index contributed by atoms with van der Waals surface area (Å²) in [5, 5.41) is 4.40. The van der Waals surface area contributed by atoms with Crippen LogP contribution in [0, 0.1) is 6.42 Å². The van der Waals surface area contributed by atoms with Gasteiger partial charge in [-0.1, -0.05) is 77.3 Å². The predicted molar refractivity (Wildman–Crippen MR) is 110 cm³/mol. The molecule has 0 atom stereocenters. The summed E-state index contributed by atoms with van der Waals surface area (Å²) in [4.78, 5) is 0. The Morgan fingerprint density at radius 1 is 0.760 bits per heavy atom. The summed E-state index contributed by atoms with van der Waals surface area (Å²) in [6.07, 6.45) is 5.04. The molecule has 0 unspecified atom stereocenters. The molecule has 3 aromatic carbocycles. The molecule has 3 heteroatoms. The van der Waals surface area contributed by atoms with Crippen LogP contribution in [0.15, 0.2) is 71.8 Å². The van der Waals surface area contributed by atoms with Crippen molar-refractivity contribution in [2.24, 2.45) is 0 Å². The van der Waals surface area contributed by atoms with Gasteiger partial charge in [0.05, 0.1) is 5.03 Å². The number of hydrogen-bond donors (Lipinski definition) is 0. The quantitative estimate of drug-likeness (QED) is 0.423. The summed E-state index contributed by atoms with van der Waals surface area (Å²) >= 11 is 19.3. The molecule has 4 rings (SSSR count). The molecule has 0 saturated carbocycles. The molecule has 0 spiro atoms. The second-order valence-corrected chi connectivity index (χ2v) is 7.19. The van der Waals surface area contributed by atoms with Crippen LogP contribution in [0.2, 0.25) is 10.0 Å². The third-order valence-corrected chi connectivity index (χ3v) is 5.37. The molecule has 3 aromatic rings. The smallest absolute Gasteiger partial charge is 0.0522 e. The standard InChI is InChI=1S/C22H14Cl3/c23-17-10-11-21(24)20(13-17)19-7-3-6-18(22(19)25)16-9-8-14-4-1-2-5-15(14)12-16/h1-2,4-13H,3H2. The molecule has 0 aliphatic heterocycles. The number of halogens is 3. The maximum Gasteiger partial charge on any atom is 0.0522 e. The van der Waals surface area contributed by atoms with E-state index < -0.39 is 0 Å². The van der Waals surface area contributed by atoms with Crippen LogP contribution in [-0.4, -0.2) is 0 Å². The molecule has 1 radical (unpaired) electrons. The van der Waals surface area contributed by atoms with Crippen molar-refractivity contribution in [3.63, 3.8) is 0 Å². The normalized spacial score (nSPS) is 14.8. The van der Waals surface area contributed by atoms with Crippen molar-refractivity contribution < 1.29 is 0 Å². The summed E-state index contributed by atoms with van der Waals surface area (Å²) in [6.45, 7) is 0. The highest BCUT2D eigenvalue weighted by Gasteiger charge is 2.19. The van der Waals surface area contributed by atoms with E-state index in [0.29, 0.717) is 15.1 Å². The van der Waals surface area contributed by atoms with Crippen LogP contribution in [0.25, 0.3) is 21.9 Å². The monoisotopic (exact) mass is 383 g/mol. The van der Waals surface area contributed by atoms with Crippen molar-refractivity contribution in [1.29, 1.82) is 0 Å². The van der Waals surface area contributed by atoms with E-state index in [9.17, 15) is 0 Å². The number of fused-ring (bicyclic) bond motifs is 1. The minimum absolute atomic E-state index is 0.645. The van der Waals surface area contributed by atoms with Crippen LogP contribution in [0.5, 0.6) is 0 Å². The fourth-order valence-electron chi connectivity index (χ4n) is 3.15. The molecule has 0 fully saturated rings. The molecule has 1 aliphatic rings. The lowest BCUT2D eigenvalue weighted by molar-refractivity contribution is 1.27. The van der Waals surface area contributed by atoms with Gasteiger partial charge in [0.15, 0.2) is 0 Å². The molecule has 25 heavy (non-hydrogen) atoms. The highest BCUT2D eigenvalue weighted by molar-refractivity contribution is 6.42. The largest absolute Gasteiger partial charge is 0.0843 e. The molecular weight excluding hydrogens is 371 g/mol. The van der Waals surface area contributed by atoms with E-state index in [4.69, 9.17) is 34.8 Å².